The topological polar surface area (TPSA) is 70.2 Å². The van der Waals surface area contributed by atoms with E-state index in [0.717, 1.165) is 12.8 Å². The molecule has 0 aromatic heterocycles. The van der Waals surface area contributed by atoms with Crippen molar-refractivity contribution in [2.75, 3.05) is 11.9 Å². The Morgan fingerprint density at radius 1 is 0.926 bits per heavy atom. The summed E-state index contributed by atoms with van der Waals surface area (Å²) in [7, 11) is 0. The third kappa shape index (κ3) is 7.52. The van der Waals surface area contributed by atoms with E-state index >= 15 is 0 Å². The second-order valence-electron chi connectivity index (χ2n) is 7.21. The van der Waals surface area contributed by atoms with Crippen molar-refractivity contribution in [3.8, 4) is 0 Å². The third-order valence-electron chi connectivity index (χ3n) is 4.16. The van der Waals surface area contributed by atoms with Gasteiger partial charge in [-0.2, -0.15) is 0 Å². The molecule has 3 amide bonds. The van der Waals surface area contributed by atoms with E-state index in [-0.39, 0.29) is 18.0 Å². The first-order valence-electron chi connectivity index (χ1n) is 9.43. The number of rotatable bonds is 8. The summed E-state index contributed by atoms with van der Waals surface area (Å²) in [6.07, 6.45) is 1.79. The number of carbonyl (C=O) groups is 2. The molecule has 0 spiro atoms. The van der Waals surface area contributed by atoms with Crippen LogP contribution in [-0.2, 0) is 6.42 Å². The summed E-state index contributed by atoms with van der Waals surface area (Å²) in [6, 6.07) is 16.9. The Hall–Kier alpha value is -2.82. The van der Waals surface area contributed by atoms with Gasteiger partial charge < -0.3 is 16.0 Å². The van der Waals surface area contributed by atoms with Gasteiger partial charge in [-0.15, -0.1) is 0 Å². The fraction of sp³-hybridized carbons (Fsp3) is 0.364. The number of carbonyl (C=O) groups excluding carboxylic acids is 2. The monoisotopic (exact) mass is 367 g/mol. The van der Waals surface area contributed by atoms with Gasteiger partial charge in [-0.3, -0.25) is 4.79 Å². The standard InChI is InChI=1S/C22H29N3O2/c1-16(2)15-23-21(26)19-11-13-20(14-12-19)25-22(27)24-17(3)9-10-18-7-5-4-6-8-18/h4-8,11-14,16-17H,9-10,15H2,1-3H3,(H,23,26)(H2,24,25,27). The summed E-state index contributed by atoms with van der Waals surface area (Å²) < 4.78 is 0. The Labute approximate surface area is 161 Å². The molecule has 1 atom stereocenters. The maximum atomic E-state index is 12.1. The van der Waals surface area contributed by atoms with Gasteiger partial charge in [0.2, 0.25) is 0 Å². The van der Waals surface area contributed by atoms with Crippen molar-refractivity contribution >= 4 is 17.6 Å². The molecule has 0 saturated heterocycles. The lowest BCUT2D eigenvalue weighted by Gasteiger charge is -2.15. The molecule has 0 fully saturated rings. The van der Waals surface area contributed by atoms with Crippen molar-refractivity contribution in [2.45, 2.75) is 39.7 Å². The number of aryl methyl sites for hydroxylation is 1. The Balaban J connectivity index is 1.77. The molecule has 0 saturated carbocycles. The van der Waals surface area contributed by atoms with Crippen LogP contribution in [0.5, 0.6) is 0 Å². The molecular formula is C22H29N3O2. The van der Waals surface area contributed by atoms with Gasteiger partial charge in [0.25, 0.3) is 5.91 Å². The minimum absolute atomic E-state index is 0.0614. The van der Waals surface area contributed by atoms with E-state index in [1.165, 1.54) is 5.56 Å². The van der Waals surface area contributed by atoms with Gasteiger partial charge >= 0.3 is 6.03 Å². The van der Waals surface area contributed by atoms with Crippen molar-refractivity contribution in [1.29, 1.82) is 0 Å². The summed E-state index contributed by atoms with van der Waals surface area (Å²) in [4.78, 5) is 24.1. The fourth-order valence-corrected chi connectivity index (χ4v) is 2.59. The lowest BCUT2D eigenvalue weighted by atomic mass is 10.1. The zero-order valence-corrected chi connectivity index (χ0v) is 16.3. The first kappa shape index (κ1) is 20.5. The number of hydrogen-bond acceptors (Lipinski definition) is 2. The highest BCUT2D eigenvalue weighted by molar-refractivity contribution is 5.95. The maximum absolute atomic E-state index is 12.1. The molecule has 0 aliphatic rings. The minimum Gasteiger partial charge on any atom is -0.352 e. The van der Waals surface area contributed by atoms with Crippen LogP contribution in [-0.4, -0.2) is 24.5 Å². The SMILES string of the molecule is CC(C)CNC(=O)c1ccc(NC(=O)NC(C)CCc2ccccc2)cc1. The van der Waals surface area contributed by atoms with Gasteiger partial charge in [-0.1, -0.05) is 44.2 Å². The molecule has 2 aromatic carbocycles. The molecule has 5 nitrogen and oxygen atoms in total. The first-order valence-corrected chi connectivity index (χ1v) is 9.43. The van der Waals surface area contributed by atoms with E-state index in [1.54, 1.807) is 24.3 Å². The molecule has 0 heterocycles. The highest BCUT2D eigenvalue weighted by Gasteiger charge is 2.09. The summed E-state index contributed by atoms with van der Waals surface area (Å²) >= 11 is 0. The number of benzene rings is 2. The number of nitrogens with one attached hydrogen (secondary N) is 3. The summed E-state index contributed by atoms with van der Waals surface area (Å²) in [6.45, 7) is 6.73. The largest absolute Gasteiger partial charge is 0.352 e. The number of urea groups is 1. The molecule has 0 aliphatic heterocycles. The number of amides is 3. The van der Waals surface area contributed by atoms with Crippen LogP contribution < -0.4 is 16.0 Å². The predicted molar refractivity (Wildman–Crippen MR) is 110 cm³/mol. The van der Waals surface area contributed by atoms with E-state index in [1.807, 2.05) is 39.0 Å². The normalized spacial score (nSPS) is 11.7. The average molecular weight is 367 g/mol. The molecule has 2 rings (SSSR count). The van der Waals surface area contributed by atoms with Crippen molar-refractivity contribution in [3.05, 3.63) is 65.7 Å². The molecule has 2 aromatic rings. The predicted octanol–water partition coefficient (Wildman–Crippen LogP) is 4.22. The van der Waals surface area contributed by atoms with E-state index in [0.29, 0.717) is 23.7 Å². The zero-order chi connectivity index (χ0) is 19.6. The van der Waals surface area contributed by atoms with Crippen LogP contribution in [0.3, 0.4) is 0 Å². The summed E-state index contributed by atoms with van der Waals surface area (Å²) in [5, 5.41) is 8.62. The highest BCUT2D eigenvalue weighted by Crippen LogP contribution is 2.10. The Kier molecular flexibility index (Phi) is 7.86. The van der Waals surface area contributed by atoms with Crippen LogP contribution in [0.1, 0.15) is 43.1 Å². The van der Waals surface area contributed by atoms with Gasteiger partial charge in [0, 0.05) is 23.8 Å². The average Bonchev–Trinajstić information content (AvgIpc) is 2.65. The smallest absolute Gasteiger partial charge is 0.319 e. The molecule has 0 radical (unpaired) electrons. The summed E-state index contributed by atoms with van der Waals surface area (Å²) in [5.41, 5.74) is 2.50. The highest BCUT2D eigenvalue weighted by atomic mass is 16.2. The molecule has 0 aliphatic carbocycles. The molecule has 1 unspecified atom stereocenters. The lowest BCUT2D eigenvalue weighted by Crippen LogP contribution is -2.36. The van der Waals surface area contributed by atoms with Gasteiger partial charge in [0.05, 0.1) is 0 Å². The first-order chi connectivity index (χ1) is 12.9. The molecule has 5 heteroatoms. The van der Waals surface area contributed by atoms with Crippen molar-refractivity contribution < 1.29 is 9.59 Å². The van der Waals surface area contributed by atoms with Gasteiger partial charge in [-0.05, 0) is 55.5 Å². The zero-order valence-electron chi connectivity index (χ0n) is 16.3. The molecular weight excluding hydrogens is 338 g/mol. The fourth-order valence-electron chi connectivity index (χ4n) is 2.59. The van der Waals surface area contributed by atoms with Crippen molar-refractivity contribution in [3.63, 3.8) is 0 Å². The molecule has 0 bridgehead atoms. The van der Waals surface area contributed by atoms with Crippen LogP contribution in [0.2, 0.25) is 0 Å². The van der Waals surface area contributed by atoms with Crippen LogP contribution in [0.4, 0.5) is 10.5 Å². The van der Waals surface area contributed by atoms with E-state index in [4.69, 9.17) is 0 Å². The molecule has 3 N–H and O–H groups in total. The van der Waals surface area contributed by atoms with E-state index in [9.17, 15) is 9.59 Å². The van der Waals surface area contributed by atoms with Crippen LogP contribution in [0.25, 0.3) is 0 Å². The van der Waals surface area contributed by atoms with Gasteiger partial charge in [0.15, 0.2) is 0 Å². The van der Waals surface area contributed by atoms with Gasteiger partial charge in [-0.25, -0.2) is 4.79 Å². The minimum atomic E-state index is -0.243. The second kappa shape index (κ2) is 10.4. The Morgan fingerprint density at radius 3 is 2.22 bits per heavy atom. The van der Waals surface area contributed by atoms with E-state index in [2.05, 4.69) is 28.1 Å². The van der Waals surface area contributed by atoms with Crippen LogP contribution in [0.15, 0.2) is 54.6 Å². The van der Waals surface area contributed by atoms with E-state index < -0.39 is 0 Å². The number of hydrogen-bond donors (Lipinski definition) is 3. The summed E-state index contributed by atoms with van der Waals surface area (Å²) in [5.74, 6) is 0.303. The maximum Gasteiger partial charge on any atom is 0.319 e. The third-order valence-corrected chi connectivity index (χ3v) is 4.16. The molecule has 27 heavy (non-hydrogen) atoms. The number of anilines is 1. The van der Waals surface area contributed by atoms with Crippen molar-refractivity contribution in [2.24, 2.45) is 5.92 Å². The quantitative estimate of drug-likeness (QED) is 0.654. The van der Waals surface area contributed by atoms with Crippen LogP contribution >= 0.6 is 0 Å². The molecule has 144 valence electrons. The van der Waals surface area contributed by atoms with Gasteiger partial charge in [0.1, 0.15) is 0 Å². The Bertz CT molecular complexity index is 727. The van der Waals surface area contributed by atoms with Crippen LogP contribution in [0, 0.1) is 5.92 Å². The lowest BCUT2D eigenvalue weighted by molar-refractivity contribution is 0.0949. The Morgan fingerprint density at radius 2 is 1.59 bits per heavy atom. The second-order valence-corrected chi connectivity index (χ2v) is 7.21. The van der Waals surface area contributed by atoms with Crippen molar-refractivity contribution in [1.82, 2.24) is 10.6 Å².